The third-order valence-corrected chi connectivity index (χ3v) is 7.57. The SMILES string of the molecule is COc1ccc(CNC(=O)C(=O)NC[C@@H]2OCCN2S(=O)(=O)c2c(C)cc(C)cc2C)cc1. The minimum Gasteiger partial charge on any atom is -0.497 e. The molecule has 1 atom stereocenters. The number of methoxy groups -OCH3 is 1. The standard InChI is InChI=1S/C23H29N3O6S/c1-15-11-16(2)21(17(3)12-15)33(29,30)26-9-10-32-20(26)14-25-23(28)22(27)24-13-18-5-7-19(31-4)8-6-18/h5-8,11-12,20H,9-10,13-14H2,1-4H3,(H,24,27)(H,25,28)/t20-/m0/s1. The molecule has 0 aliphatic carbocycles. The number of ether oxygens (including phenoxy) is 2. The van der Waals surface area contributed by atoms with E-state index in [0.717, 1.165) is 11.1 Å². The molecular formula is C23H29N3O6S. The molecule has 1 saturated heterocycles. The molecule has 10 heteroatoms. The molecule has 0 saturated carbocycles. The highest BCUT2D eigenvalue weighted by Gasteiger charge is 2.38. The van der Waals surface area contributed by atoms with Crippen molar-refractivity contribution in [3.8, 4) is 5.75 Å². The fourth-order valence-electron chi connectivity index (χ4n) is 3.90. The monoisotopic (exact) mass is 475 g/mol. The highest BCUT2D eigenvalue weighted by Crippen LogP contribution is 2.28. The number of aryl methyl sites for hydroxylation is 3. The maximum atomic E-state index is 13.3. The molecule has 1 aliphatic rings. The first-order valence-corrected chi connectivity index (χ1v) is 12.0. The van der Waals surface area contributed by atoms with Crippen molar-refractivity contribution in [1.29, 1.82) is 0 Å². The summed E-state index contributed by atoms with van der Waals surface area (Å²) < 4.78 is 38.5. The van der Waals surface area contributed by atoms with Crippen LogP contribution in [0, 0.1) is 20.8 Å². The van der Waals surface area contributed by atoms with E-state index in [-0.39, 0.29) is 31.1 Å². The first-order chi connectivity index (χ1) is 15.6. The van der Waals surface area contributed by atoms with Crippen LogP contribution >= 0.6 is 0 Å². The molecule has 3 rings (SSSR count). The van der Waals surface area contributed by atoms with Crippen molar-refractivity contribution < 1.29 is 27.5 Å². The van der Waals surface area contributed by atoms with Gasteiger partial charge in [-0.05, 0) is 49.6 Å². The average Bonchev–Trinajstić information content (AvgIpc) is 3.25. The summed E-state index contributed by atoms with van der Waals surface area (Å²) in [5.41, 5.74) is 3.09. The van der Waals surface area contributed by atoms with Crippen molar-refractivity contribution in [2.45, 2.75) is 38.4 Å². The van der Waals surface area contributed by atoms with Crippen LogP contribution in [-0.4, -0.2) is 57.6 Å². The molecular weight excluding hydrogens is 446 g/mol. The summed E-state index contributed by atoms with van der Waals surface area (Å²) in [6, 6.07) is 10.7. The number of nitrogens with zero attached hydrogens (tertiary/aromatic N) is 1. The second kappa shape index (κ2) is 10.3. The third kappa shape index (κ3) is 5.70. The predicted molar refractivity (Wildman–Crippen MR) is 122 cm³/mol. The third-order valence-electron chi connectivity index (χ3n) is 5.37. The number of hydrogen-bond donors (Lipinski definition) is 2. The zero-order valence-corrected chi connectivity index (χ0v) is 20.0. The molecule has 2 aromatic carbocycles. The number of carbonyl (C=O) groups excluding carboxylic acids is 2. The summed E-state index contributed by atoms with van der Waals surface area (Å²) in [7, 11) is -2.28. The van der Waals surface area contributed by atoms with Gasteiger partial charge in [-0.3, -0.25) is 9.59 Å². The normalized spacial score (nSPS) is 16.4. The largest absolute Gasteiger partial charge is 0.497 e. The summed E-state index contributed by atoms with van der Waals surface area (Å²) in [6.45, 7) is 5.82. The van der Waals surface area contributed by atoms with Crippen LogP contribution in [0.5, 0.6) is 5.75 Å². The lowest BCUT2D eigenvalue weighted by Gasteiger charge is -2.24. The van der Waals surface area contributed by atoms with Gasteiger partial charge >= 0.3 is 11.8 Å². The summed E-state index contributed by atoms with van der Waals surface area (Å²) in [5.74, 6) is -0.989. The number of sulfonamides is 1. The van der Waals surface area contributed by atoms with Gasteiger partial charge in [-0.1, -0.05) is 29.8 Å². The molecule has 2 N–H and O–H groups in total. The van der Waals surface area contributed by atoms with Gasteiger partial charge in [0.2, 0.25) is 10.0 Å². The van der Waals surface area contributed by atoms with Gasteiger partial charge < -0.3 is 20.1 Å². The summed E-state index contributed by atoms with van der Waals surface area (Å²) >= 11 is 0. The van der Waals surface area contributed by atoms with E-state index in [0.29, 0.717) is 16.9 Å². The topological polar surface area (TPSA) is 114 Å². The van der Waals surface area contributed by atoms with Gasteiger partial charge in [-0.15, -0.1) is 0 Å². The fraction of sp³-hybridized carbons (Fsp3) is 0.391. The lowest BCUT2D eigenvalue weighted by molar-refractivity contribution is -0.139. The van der Waals surface area contributed by atoms with Crippen LogP contribution in [0.3, 0.4) is 0 Å². The highest BCUT2D eigenvalue weighted by molar-refractivity contribution is 7.89. The van der Waals surface area contributed by atoms with Gasteiger partial charge in [0.05, 0.1) is 25.2 Å². The number of nitrogens with one attached hydrogen (secondary N) is 2. The molecule has 1 fully saturated rings. The molecule has 33 heavy (non-hydrogen) atoms. The van der Waals surface area contributed by atoms with Crippen molar-refractivity contribution in [2.24, 2.45) is 0 Å². The Kier molecular flexibility index (Phi) is 7.72. The smallest absolute Gasteiger partial charge is 0.309 e. The molecule has 0 radical (unpaired) electrons. The molecule has 1 heterocycles. The number of rotatable bonds is 7. The van der Waals surface area contributed by atoms with Gasteiger partial charge in [-0.2, -0.15) is 4.31 Å². The Morgan fingerprint density at radius 1 is 1.06 bits per heavy atom. The van der Waals surface area contributed by atoms with Crippen LogP contribution in [0.4, 0.5) is 0 Å². The van der Waals surface area contributed by atoms with Crippen LogP contribution in [0.1, 0.15) is 22.3 Å². The van der Waals surface area contributed by atoms with Crippen LogP contribution in [-0.2, 0) is 30.9 Å². The van der Waals surface area contributed by atoms with Crippen molar-refractivity contribution in [1.82, 2.24) is 14.9 Å². The molecule has 9 nitrogen and oxygen atoms in total. The Morgan fingerprint density at radius 3 is 2.27 bits per heavy atom. The van der Waals surface area contributed by atoms with E-state index >= 15 is 0 Å². The highest BCUT2D eigenvalue weighted by atomic mass is 32.2. The zero-order valence-electron chi connectivity index (χ0n) is 19.2. The summed E-state index contributed by atoms with van der Waals surface area (Å²) in [5, 5.41) is 5.00. The van der Waals surface area contributed by atoms with Gasteiger partial charge in [0.25, 0.3) is 0 Å². The van der Waals surface area contributed by atoms with Crippen LogP contribution in [0.2, 0.25) is 0 Å². The van der Waals surface area contributed by atoms with Crippen LogP contribution in [0.15, 0.2) is 41.3 Å². The zero-order chi connectivity index (χ0) is 24.2. The van der Waals surface area contributed by atoms with Gasteiger partial charge in [0.15, 0.2) is 0 Å². The Hall–Kier alpha value is -2.95. The molecule has 0 unspecified atom stereocenters. The lowest BCUT2D eigenvalue weighted by atomic mass is 10.1. The first-order valence-electron chi connectivity index (χ1n) is 10.5. The van der Waals surface area contributed by atoms with Gasteiger partial charge in [0.1, 0.15) is 12.0 Å². The molecule has 0 aromatic heterocycles. The van der Waals surface area contributed by atoms with E-state index in [2.05, 4.69) is 10.6 Å². The minimum absolute atomic E-state index is 0.141. The number of amides is 2. The molecule has 0 spiro atoms. The molecule has 2 amide bonds. The Morgan fingerprint density at radius 2 is 1.67 bits per heavy atom. The Balaban J connectivity index is 1.60. The van der Waals surface area contributed by atoms with Crippen molar-refractivity contribution in [2.75, 3.05) is 26.8 Å². The van der Waals surface area contributed by atoms with E-state index in [9.17, 15) is 18.0 Å². The van der Waals surface area contributed by atoms with Crippen LogP contribution in [0.25, 0.3) is 0 Å². The molecule has 178 valence electrons. The lowest BCUT2D eigenvalue weighted by Crippen LogP contribution is -2.47. The van der Waals surface area contributed by atoms with Gasteiger partial charge in [-0.25, -0.2) is 8.42 Å². The minimum atomic E-state index is -3.84. The maximum absolute atomic E-state index is 13.3. The molecule has 0 bridgehead atoms. The van der Waals surface area contributed by atoms with Crippen LogP contribution < -0.4 is 15.4 Å². The number of benzene rings is 2. The second-order valence-corrected chi connectivity index (χ2v) is 9.74. The number of hydrogen-bond acceptors (Lipinski definition) is 6. The first kappa shape index (κ1) is 24.7. The Bertz CT molecular complexity index is 1110. The predicted octanol–water partition coefficient (Wildman–Crippen LogP) is 1.40. The van der Waals surface area contributed by atoms with Gasteiger partial charge in [0, 0.05) is 13.1 Å². The van der Waals surface area contributed by atoms with E-state index in [4.69, 9.17) is 9.47 Å². The maximum Gasteiger partial charge on any atom is 0.309 e. The summed E-state index contributed by atoms with van der Waals surface area (Å²) in [6.07, 6.45) is -0.895. The quantitative estimate of drug-likeness (QED) is 0.585. The molecule has 1 aliphatic heterocycles. The molecule has 2 aromatic rings. The average molecular weight is 476 g/mol. The number of carbonyl (C=O) groups is 2. The second-order valence-electron chi connectivity index (χ2n) is 7.91. The fourth-order valence-corrected chi connectivity index (χ4v) is 5.82. The van der Waals surface area contributed by atoms with E-state index in [1.165, 1.54) is 4.31 Å². The van der Waals surface area contributed by atoms with E-state index in [1.807, 2.05) is 19.1 Å². The van der Waals surface area contributed by atoms with Crippen molar-refractivity contribution in [3.05, 3.63) is 58.7 Å². The van der Waals surface area contributed by atoms with E-state index < -0.39 is 28.1 Å². The summed E-state index contributed by atoms with van der Waals surface area (Å²) in [4.78, 5) is 24.6. The van der Waals surface area contributed by atoms with Crippen molar-refractivity contribution >= 4 is 21.8 Å². The Labute approximate surface area is 194 Å². The van der Waals surface area contributed by atoms with E-state index in [1.54, 1.807) is 45.2 Å². The van der Waals surface area contributed by atoms with Crippen molar-refractivity contribution in [3.63, 3.8) is 0 Å².